The molecule has 0 saturated heterocycles. The van der Waals surface area contributed by atoms with Crippen LogP contribution in [0.25, 0.3) is 0 Å². The third kappa shape index (κ3) is 3.81. The lowest BCUT2D eigenvalue weighted by molar-refractivity contribution is -0.122. The molecule has 0 radical (unpaired) electrons. The number of carbonyl (C=O) groups is 1. The maximum atomic E-state index is 12.1. The van der Waals surface area contributed by atoms with Crippen molar-refractivity contribution in [3.8, 4) is 0 Å². The zero-order chi connectivity index (χ0) is 16.3. The van der Waals surface area contributed by atoms with Gasteiger partial charge in [0.05, 0.1) is 11.4 Å². The summed E-state index contributed by atoms with van der Waals surface area (Å²) in [6, 6.07) is 16.1. The van der Waals surface area contributed by atoms with Gasteiger partial charge in [0.2, 0.25) is 11.8 Å². The first-order chi connectivity index (χ1) is 11.0. The number of anilines is 2. The second-order valence-electron chi connectivity index (χ2n) is 5.99. The second-order valence-corrected chi connectivity index (χ2v) is 5.99. The molecular weight excluding hydrogens is 288 g/mol. The normalized spacial score (nSPS) is 18.7. The fourth-order valence-corrected chi connectivity index (χ4v) is 2.77. The first kappa shape index (κ1) is 15.4. The smallest absolute Gasteiger partial charge is 0.245 e. The van der Waals surface area contributed by atoms with E-state index in [4.69, 9.17) is 5.73 Å². The monoisotopic (exact) mass is 310 g/mol. The van der Waals surface area contributed by atoms with Gasteiger partial charge >= 0.3 is 0 Å². The second kappa shape index (κ2) is 6.30. The fraction of sp³-hybridized carbons (Fsp3) is 0.278. The summed E-state index contributed by atoms with van der Waals surface area (Å²) >= 11 is 0. The molecule has 3 rings (SSSR count). The molecular formula is C18H22N4O. The molecule has 2 aromatic carbocycles. The third-order valence-electron chi connectivity index (χ3n) is 3.89. The third-order valence-corrected chi connectivity index (χ3v) is 3.89. The number of amides is 1. The lowest BCUT2D eigenvalue weighted by atomic mass is 10.1. The summed E-state index contributed by atoms with van der Waals surface area (Å²) in [5.74, 6) is -1.20. The number of rotatable bonds is 5. The largest absolute Gasteiger partial charge is 0.331 e. The molecule has 120 valence electrons. The standard InChI is InChI=1S/C18H22N4O/c1-13-10-11-15-16(12-13)21-18(19,20-15)22-17(23)9-5-8-14-6-3-2-4-7-14/h2-4,6-7,10-12,20-21H,5,8-9,19H2,1H3,(H,22,23). The number of nitrogens with two attached hydrogens (primary N) is 1. The summed E-state index contributed by atoms with van der Waals surface area (Å²) in [6.07, 6.45) is 2.11. The van der Waals surface area contributed by atoms with Crippen LogP contribution >= 0.6 is 0 Å². The van der Waals surface area contributed by atoms with Crippen LogP contribution in [0.15, 0.2) is 48.5 Å². The quantitative estimate of drug-likeness (QED) is 0.640. The highest BCUT2D eigenvalue weighted by Crippen LogP contribution is 2.31. The topological polar surface area (TPSA) is 79.2 Å². The molecule has 0 fully saturated rings. The van der Waals surface area contributed by atoms with Gasteiger partial charge in [-0.2, -0.15) is 0 Å². The average Bonchev–Trinajstić information content (AvgIpc) is 2.83. The van der Waals surface area contributed by atoms with Crippen molar-refractivity contribution < 1.29 is 4.79 Å². The Bertz CT molecular complexity index is 701. The fourth-order valence-electron chi connectivity index (χ4n) is 2.77. The van der Waals surface area contributed by atoms with E-state index in [-0.39, 0.29) is 5.91 Å². The number of fused-ring (bicyclic) bond motifs is 1. The maximum Gasteiger partial charge on any atom is 0.245 e. The number of hydrogen-bond donors (Lipinski definition) is 4. The van der Waals surface area contributed by atoms with Gasteiger partial charge in [-0.3, -0.25) is 10.5 Å². The van der Waals surface area contributed by atoms with Crippen molar-refractivity contribution in [3.63, 3.8) is 0 Å². The van der Waals surface area contributed by atoms with Crippen LogP contribution in [0.5, 0.6) is 0 Å². The lowest BCUT2D eigenvalue weighted by Crippen LogP contribution is -2.64. The SMILES string of the molecule is Cc1ccc2c(c1)NC(N)(NC(=O)CCCc1ccccc1)N2. The van der Waals surface area contributed by atoms with Crippen LogP contribution in [0.2, 0.25) is 0 Å². The first-order valence-electron chi connectivity index (χ1n) is 7.85. The molecule has 0 aromatic heterocycles. The highest BCUT2D eigenvalue weighted by atomic mass is 16.2. The van der Waals surface area contributed by atoms with E-state index in [1.165, 1.54) is 5.56 Å². The van der Waals surface area contributed by atoms with Gasteiger partial charge in [0.1, 0.15) is 0 Å². The summed E-state index contributed by atoms with van der Waals surface area (Å²) in [5, 5.41) is 9.06. The Labute approximate surface area is 136 Å². The number of aryl methyl sites for hydroxylation is 2. The van der Waals surface area contributed by atoms with Crippen molar-refractivity contribution in [2.45, 2.75) is 32.1 Å². The molecule has 1 aliphatic heterocycles. The molecule has 1 atom stereocenters. The van der Waals surface area contributed by atoms with E-state index < -0.39 is 5.91 Å². The van der Waals surface area contributed by atoms with Crippen LogP contribution < -0.4 is 21.7 Å². The van der Waals surface area contributed by atoms with Crippen molar-refractivity contribution >= 4 is 17.3 Å². The van der Waals surface area contributed by atoms with Crippen LogP contribution in [0, 0.1) is 6.92 Å². The summed E-state index contributed by atoms with van der Waals surface area (Å²) in [4.78, 5) is 12.1. The highest BCUT2D eigenvalue weighted by Gasteiger charge is 2.33. The van der Waals surface area contributed by atoms with Gasteiger partial charge in [-0.25, -0.2) is 0 Å². The van der Waals surface area contributed by atoms with E-state index >= 15 is 0 Å². The molecule has 1 unspecified atom stereocenters. The van der Waals surface area contributed by atoms with E-state index in [0.717, 1.165) is 29.8 Å². The van der Waals surface area contributed by atoms with E-state index in [1.54, 1.807) is 0 Å². The maximum absolute atomic E-state index is 12.1. The summed E-state index contributed by atoms with van der Waals surface area (Å²) in [6.45, 7) is 2.01. The Morgan fingerprint density at radius 3 is 2.65 bits per heavy atom. The van der Waals surface area contributed by atoms with Crippen LogP contribution in [-0.2, 0) is 11.2 Å². The number of benzene rings is 2. The predicted molar refractivity (Wildman–Crippen MR) is 92.9 cm³/mol. The van der Waals surface area contributed by atoms with Gasteiger partial charge in [0, 0.05) is 6.42 Å². The predicted octanol–water partition coefficient (Wildman–Crippen LogP) is 2.54. The van der Waals surface area contributed by atoms with Crippen LogP contribution in [-0.4, -0.2) is 11.8 Å². The Morgan fingerprint density at radius 1 is 1.13 bits per heavy atom. The van der Waals surface area contributed by atoms with Crippen LogP contribution in [0.4, 0.5) is 11.4 Å². The summed E-state index contributed by atoms with van der Waals surface area (Å²) in [7, 11) is 0. The molecule has 5 N–H and O–H groups in total. The Hall–Kier alpha value is -2.53. The summed E-state index contributed by atoms with van der Waals surface area (Å²) in [5.41, 5.74) is 10.4. The van der Waals surface area contributed by atoms with Crippen LogP contribution in [0.1, 0.15) is 24.0 Å². The van der Waals surface area contributed by atoms with Crippen molar-refractivity contribution in [1.82, 2.24) is 5.32 Å². The molecule has 1 heterocycles. The zero-order valence-corrected chi connectivity index (χ0v) is 13.2. The van der Waals surface area contributed by atoms with Crippen molar-refractivity contribution in [3.05, 3.63) is 59.7 Å². The van der Waals surface area contributed by atoms with Crippen molar-refractivity contribution in [1.29, 1.82) is 0 Å². The molecule has 0 bridgehead atoms. The van der Waals surface area contributed by atoms with Gasteiger partial charge in [-0.1, -0.05) is 36.4 Å². The zero-order valence-electron chi connectivity index (χ0n) is 13.2. The molecule has 1 amide bonds. The summed E-state index contributed by atoms with van der Waals surface area (Å²) < 4.78 is 0. The first-order valence-corrected chi connectivity index (χ1v) is 7.85. The molecule has 2 aromatic rings. The van der Waals surface area contributed by atoms with E-state index in [0.29, 0.717) is 6.42 Å². The number of nitrogens with one attached hydrogen (secondary N) is 3. The van der Waals surface area contributed by atoms with Gasteiger partial charge in [0.25, 0.3) is 0 Å². The molecule has 1 aliphatic rings. The number of hydrogen-bond acceptors (Lipinski definition) is 4. The lowest BCUT2D eigenvalue weighted by Gasteiger charge is -2.26. The minimum atomic E-state index is -1.13. The van der Waals surface area contributed by atoms with Gasteiger partial charge in [0.15, 0.2) is 0 Å². The molecule has 0 spiro atoms. The average molecular weight is 310 g/mol. The van der Waals surface area contributed by atoms with Gasteiger partial charge in [-0.15, -0.1) is 0 Å². The Morgan fingerprint density at radius 2 is 1.87 bits per heavy atom. The Balaban J connectivity index is 1.50. The van der Waals surface area contributed by atoms with Gasteiger partial charge in [-0.05, 0) is 43.0 Å². The highest BCUT2D eigenvalue weighted by molar-refractivity contribution is 5.82. The molecule has 5 heteroatoms. The van der Waals surface area contributed by atoms with E-state index in [2.05, 4.69) is 28.1 Å². The van der Waals surface area contributed by atoms with E-state index in [1.807, 2.05) is 43.3 Å². The van der Waals surface area contributed by atoms with Crippen molar-refractivity contribution in [2.24, 2.45) is 5.73 Å². The molecule has 0 aliphatic carbocycles. The van der Waals surface area contributed by atoms with Gasteiger partial charge < -0.3 is 16.0 Å². The minimum absolute atomic E-state index is 0.0760. The van der Waals surface area contributed by atoms with Crippen molar-refractivity contribution in [2.75, 3.05) is 10.6 Å². The Kier molecular flexibility index (Phi) is 4.21. The molecule has 0 saturated carbocycles. The molecule has 5 nitrogen and oxygen atoms in total. The van der Waals surface area contributed by atoms with E-state index in [9.17, 15) is 4.79 Å². The minimum Gasteiger partial charge on any atom is -0.331 e. The molecule has 23 heavy (non-hydrogen) atoms. The van der Waals surface area contributed by atoms with Crippen LogP contribution in [0.3, 0.4) is 0 Å². The number of carbonyl (C=O) groups excluding carboxylic acids is 1.